The molecule has 0 saturated carbocycles. The zero-order valence-electron chi connectivity index (χ0n) is 14.4. The van der Waals surface area contributed by atoms with E-state index in [4.69, 9.17) is 4.74 Å². The number of halogens is 3. The summed E-state index contributed by atoms with van der Waals surface area (Å²) in [5.74, 6) is -2.93. The Morgan fingerprint density at radius 2 is 2.12 bits per heavy atom. The average molecular weight is 365 g/mol. The van der Waals surface area contributed by atoms with Crippen molar-refractivity contribution in [2.75, 3.05) is 13.8 Å². The second kappa shape index (κ2) is 6.97. The van der Waals surface area contributed by atoms with Crippen molar-refractivity contribution < 1.29 is 27.5 Å². The number of rotatable bonds is 4. The zero-order valence-corrected chi connectivity index (χ0v) is 14.4. The summed E-state index contributed by atoms with van der Waals surface area (Å²) in [5.41, 5.74) is 0.451. The van der Waals surface area contributed by atoms with E-state index in [1.54, 1.807) is 0 Å². The Kier molecular flexibility index (Phi) is 4.89. The summed E-state index contributed by atoms with van der Waals surface area (Å²) in [6.07, 6.45) is -1.12. The van der Waals surface area contributed by atoms with Crippen molar-refractivity contribution in [3.63, 3.8) is 0 Å². The third-order valence-corrected chi connectivity index (χ3v) is 4.77. The van der Waals surface area contributed by atoms with Crippen molar-refractivity contribution in [2.24, 2.45) is 0 Å². The summed E-state index contributed by atoms with van der Waals surface area (Å²) >= 11 is 0. The molecule has 0 bridgehead atoms. The first-order chi connectivity index (χ1) is 12.4. The molecule has 3 rings (SSSR count). The van der Waals surface area contributed by atoms with Gasteiger partial charge in [-0.25, -0.2) is 18.0 Å². The van der Waals surface area contributed by atoms with E-state index in [0.29, 0.717) is 12.1 Å². The molecule has 0 saturated heterocycles. The van der Waals surface area contributed by atoms with Gasteiger partial charge in [-0.05, 0) is 25.0 Å². The molecule has 7 heteroatoms. The molecule has 1 N–H and O–H groups in total. The molecular weight excluding hydrogens is 347 g/mol. The number of Topliss-reactive ketones (excluding diaryl/α,β-unsaturated/α-hetero) is 1. The van der Waals surface area contributed by atoms with Gasteiger partial charge in [-0.2, -0.15) is 0 Å². The number of allylic oxidation sites excluding steroid dienone is 3. The van der Waals surface area contributed by atoms with Crippen LogP contribution in [0.25, 0.3) is 0 Å². The second-order valence-corrected chi connectivity index (χ2v) is 6.25. The summed E-state index contributed by atoms with van der Waals surface area (Å²) < 4.78 is 46.9. The standard InChI is InChI=1S/C19H18F3NO3/c1-9(21)15-10(4-3-5-11(15)22)16-17-12(6-7-14(17)24)23-13(8-20)18(16)19(25)26-2/h3-5,9,16,23H,6-8H2,1-2H3/t9-,16?/m1/s1. The van der Waals surface area contributed by atoms with E-state index < -0.39 is 30.6 Å². The molecule has 2 atom stereocenters. The SMILES string of the molecule is COC(=O)C1=C(CF)NC2=C(C(=O)CC2)C1c1cccc(F)c1[C@@H](C)F. The van der Waals surface area contributed by atoms with Gasteiger partial charge in [0.1, 0.15) is 18.7 Å². The van der Waals surface area contributed by atoms with Crippen LogP contribution in [-0.4, -0.2) is 25.5 Å². The van der Waals surface area contributed by atoms with Crippen molar-refractivity contribution in [1.29, 1.82) is 0 Å². The van der Waals surface area contributed by atoms with E-state index in [2.05, 4.69) is 5.32 Å². The quantitative estimate of drug-likeness (QED) is 0.829. The largest absolute Gasteiger partial charge is 0.466 e. The predicted octanol–water partition coefficient (Wildman–Crippen LogP) is 3.56. The highest BCUT2D eigenvalue weighted by Gasteiger charge is 2.42. The highest BCUT2D eigenvalue weighted by atomic mass is 19.1. The number of methoxy groups -OCH3 is 1. The maximum atomic E-state index is 14.3. The molecule has 1 aromatic rings. The Morgan fingerprint density at radius 3 is 2.73 bits per heavy atom. The topological polar surface area (TPSA) is 55.4 Å². The van der Waals surface area contributed by atoms with Crippen molar-refractivity contribution in [3.05, 3.63) is 57.7 Å². The predicted molar refractivity (Wildman–Crippen MR) is 88.1 cm³/mol. The lowest BCUT2D eigenvalue weighted by Gasteiger charge is -2.30. The Hall–Kier alpha value is -2.57. The van der Waals surface area contributed by atoms with Gasteiger partial charge < -0.3 is 10.1 Å². The van der Waals surface area contributed by atoms with Gasteiger partial charge >= 0.3 is 5.97 Å². The summed E-state index contributed by atoms with van der Waals surface area (Å²) in [5, 5.41) is 2.80. The maximum Gasteiger partial charge on any atom is 0.336 e. The summed E-state index contributed by atoms with van der Waals surface area (Å²) in [6, 6.07) is 3.95. The molecule has 2 aliphatic rings. The number of alkyl halides is 2. The van der Waals surface area contributed by atoms with Crippen LogP contribution >= 0.6 is 0 Å². The van der Waals surface area contributed by atoms with Crippen molar-refractivity contribution in [3.8, 4) is 0 Å². The van der Waals surface area contributed by atoms with E-state index >= 15 is 0 Å². The lowest BCUT2D eigenvalue weighted by Crippen LogP contribution is -2.32. The second-order valence-electron chi connectivity index (χ2n) is 6.25. The number of esters is 1. The fraction of sp³-hybridized carbons (Fsp3) is 0.368. The lowest BCUT2D eigenvalue weighted by molar-refractivity contribution is -0.136. The van der Waals surface area contributed by atoms with Crippen LogP contribution in [0.1, 0.15) is 43.0 Å². The first kappa shape index (κ1) is 18.2. The fourth-order valence-electron chi connectivity index (χ4n) is 3.70. The molecule has 0 spiro atoms. The third-order valence-electron chi connectivity index (χ3n) is 4.77. The van der Waals surface area contributed by atoms with Crippen LogP contribution in [0.15, 0.2) is 40.7 Å². The van der Waals surface area contributed by atoms with Gasteiger partial charge in [-0.15, -0.1) is 0 Å². The normalized spacial score (nSPS) is 20.8. The minimum atomic E-state index is -1.67. The number of hydrogen-bond acceptors (Lipinski definition) is 4. The molecule has 1 aliphatic heterocycles. The molecule has 26 heavy (non-hydrogen) atoms. The minimum absolute atomic E-state index is 0.0444. The monoisotopic (exact) mass is 365 g/mol. The molecule has 0 amide bonds. The number of ketones is 1. The van der Waals surface area contributed by atoms with Crippen molar-refractivity contribution in [2.45, 2.75) is 31.9 Å². The van der Waals surface area contributed by atoms with Crippen LogP contribution in [0.5, 0.6) is 0 Å². The minimum Gasteiger partial charge on any atom is -0.466 e. The molecule has 1 aromatic carbocycles. The van der Waals surface area contributed by atoms with Gasteiger partial charge in [0.15, 0.2) is 5.78 Å². The molecule has 0 fully saturated rings. The Labute approximate surface area is 148 Å². The van der Waals surface area contributed by atoms with Gasteiger partial charge in [-0.1, -0.05) is 12.1 Å². The van der Waals surface area contributed by atoms with Crippen molar-refractivity contribution in [1.82, 2.24) is 5.32 Å². The molecule has 0 radical (unpaired) electrons. The van der Waals surface area contributed by atoms with Crippen LogP contribution in [0.3, 0.4) is 0 Å². The molecule has 0 aromatic heterocycles. The number of dihydropyridines is 1. The van der Waals surface area contributed by atoms with Gasteiger partial charge in [0.25, 0.3) is 0 Å². The zero-order chi connectivity index (χ0) is 19.0. The van der Waals surface area contributed by atoms with E-state index in [1.165, 1.54) is 19.1 Å². The fourth-order valence-corrected chi connectivity index (χ4v) is 3.70. The molecule has 1 aliphatic carbocycles. The number of carbonyl (C=O) groups excluding carboxylic acids is 2. The summed E-state index contributed by atoms with van der Waals surface area (Å²) in [4.78, 5) is 24.8. The van der Waals surface area contributed by atoms with E-state index in [0.717, 1.165) is 13.2 Å². The first-order valence-corrected chi connectivity index (χ1v) is 8.23. The highest BCUT2D eigenvalue weighted by Crippen LogP contribution is 2.46. The lowest BCUT2D eigenvalue weighted by atomic mass is 9.78. The summed E-state index contributed by atoms with van der Waals surface area (Å²) in [7, 11) is 1.13. The number of benzene rings is 1. The van der Waals surface area contributed by atoms with Gasteiger partial charge in [0.2, 0.25) is 0 Å². The number of hydrogen-bond donors (Lipinski definition) is 1. The number of carbonyl (C=O) groups is 2. The smallest absolute Gasteiger partial charge is 0.336 e. The Bertz CT molecular complexity index is 842. The molecule has 138 valence electrons. The molecule has 1 heterocycles. The number of ether oxygens (including phenoxy) is 1. The van der Waals surface area contributed by atoms with Crippen LogP contribution in [0.4, 0.5) is 13.2 Å². The van der Waals surface area contributed by atoms with E-state index in [9.17, 15) is 22.8 Å². The van der Waals surface area contributed by atoms with E-state index in [-0.39, 0.29) is 40.2 Å². The van der Waals surface area contributed by atoms with Gasteiger partial charge in [0, 0.05) is 29.2 Å². The van der Waals surface area contributed by atoms with Crippen LogP contribution in [-0.2, 0) is 14.3 Å². The summed E-state index contributed by atoms with van der Waals surface area (Å²) in [6.45, 7) is 0.175. The molecule has 4 nitrogen and oxygen atoms in total. The van der Waals surface area contributed by atoms with Gasteiger partial charge in [0.05, 0.1) is 18.4 Å². The highest BCUT2D eigenvalue weighted by molar-refractivity contribution is 6.05. The van der Waals surface area contributed by atoms with Crippen LogP contribution < -0.4 is 5.32 Å². The van der Waals surface area contributed by atoms with E-state index in [1.807, 2.05) is 0 Å². The Morgan fingerprint density at radius 1 is 1.38 bits per heavy atom. The average Bonchev–Trinajstić information content (AvgIpc) is 2.99. The van der Waals surface area contributed by atoms with Crippen LogP contribution in [0, 0.1) is 5.82 Å². The Balaban J connectivity index is 2.31. The van der Waals surface area contributed by atoms with Crippen LogP contribution in [0.2, 0.25) is 0 Å². The van der Waals surface area contributed by atoms with Gasteiger partial charge in [-0.3, -0.25) is 4.79 Å². The number of nitrogens with one attached hydrogen (secondary N) is 1. The molecular formula is C19H18F3NO3. The molecule has 1 unspecified atom stereocenters. The third kappa shape index (κ3) is 2.81. The maximum absolute atomic E-state index is 14.3. The first-order valence-electron chi connectivity index (χ1n) is 8.23. The van der Waals surface area contributed by atoms with Crippen molar-refractivity contribution >= 4 is 11.8 Å².